The van der Waals surface area contributed by atoms with Crippen LogP contribution in [0, 0.1) is 10.1 Å². The average molecular weight is 266 g/mol. The van der Waals surface area contributed by atoms with Crippen molar-refractivity contribution in [1.29, 1.82) is 0 Å². The van der Waals surface area contributed by atoms with Gasteiger partial charge in [-0.2, -0.15) is 0 Å². The van der Waals surface area contributed by atoms with Gasteiger partial charge in [-0.05, 0) is 6.07 Å². The summed E-state index contributed by atoms with van der Waals surface area (Å²) in [6.07, 6.45) is 0. The number of rotatable bonds is 5. The SMILES string of the molecule is NCC(F)(F)CNc1ccc([N+](=O)[O-])cc1Cl. The zero-order valence-electron chi connectivity index (χ0n) is 8.62. The van der Waals surface area contributed by atoms with Crippen LogP contribution in [-0.4, -0.2) is 23.9 Å². The molecule has 0 aliphatic carbocycles. The lowest BCUT2D eigenvalue weighted by Gasteiger charge is -2.15. The van der Waals surface area contributed by atoms with E-state index in [1.165, 1.54) is 12.1 Å². The van der Waals surface area contributed by atoms with Gasteiger partial charge in [-0.25, -0.2) is 8.78 Å². The summed E-state index contributed by atoms with van der Waals surface area (Å²) in [6.45, 7) is -1.47. The Balaban J connectivity index is 2.77. The lowest BCUT2D eigenvalue weighted by molar-refractivity contribution is -0.384. The highest BCUT2D eigenvalue weighted by atomic mass is 35.5. The van der Waals surface area contributed by atoms with E-state index in [-0.39, 0.29) is 16.4 Å². The highest BCUT2D eigenvalue weighted by molar-refractivity contribution is 6.33. The molecular weight excluding hydrogens is 256 g/mol. The third kappa shape index (κ3) is 3.79. The fourth-order valence-corrected chi connectivity index (χ4v) is 1.30. The molecule has 1 rings (SSSR count). The highest BCUT2D eigenvalue weighted by Crippen LogP contribution is 2.27. The molecule has 0 saturated carbocycles. The van der Waals surface area contributed by atoms with Gasteiger partial charge >= 0.3 is 0 Å². The van der Waals surface area contributed by atoms with Gasteiger partial charge in [0.15, 0.2) is 0 Å². The average Bonchev–Trinajstić information content (AvgIpc) is 2.27. The number of nitro groups is 1. The van der Waals surface area contributed by atoms with Crippen LogP contribution in [0.25, 0.3) is 0 Å². The molecule has 94 valence electrons. The van der Waals surface area contributed by atoms with E-state index in [4.69, 9.17) is 17.3 Å². The minimum atomic E-state index is -3.05. The summed E-state index contributed by atoms with van der Waals surface area (Å²) in [5.74, 6) is -3.05. The van der Waals surface area contributed by atoms with Crippen LogP contribution in [0.3, 0.4) is 0 Å². The molecule has 0 amide bonds. The minimum Gasteiger partial charge on any atom is -0.378 e. The van der Waals surface area contributed by atoms with E-state index in [1.54, 1.807) is 0 Å². The second-order valence-corrected chi connectivity index (χ2v) is 3.74. The maximum atomic E-state index is 12.8. The Hall–Kier alpha value is -1.47. The number of nitrogens with zero attached hydrogens (tertiary/aromatic N) is 1. The van der Waals surface area contributed by atoms with E-state index in [0.717, 1.165) is 6.07 Å². The van der Waals surface area contributed by atoms with Crippen molar-refractivity contribution in [3.63, 3.8) is 0 Å². The number of non-ortho nitro benzene ring substituents is 1. The first kappa shape index (κ1) is 13.6. The zero-order valence-corrected chi connectivity index (χ0v) is 9.38. The molecule has 0 aromatic heterocycles. The predicted molar refractivity (Wildman–Crippen MR) is 60.6 cm³/mol. The lowest BCUT2D eigenvalue weighted by atomic mass is 10.2. The maximum absolute atomic E-state index is 12.8. The second-order valence-electron chi connectivity index (χ2n) is 3.33. The van der Waals surface area contributed by atoms with Crippen molar-refractivity contribution in [3.05, 3.63) is 33.3 Å². The molecule has 0 heterocycles. The second kappa shape index (κ2) is 5.24. The zero-order chi connectivity index (χ0) is 13.1. The maximum Gasteiger partial charge on any atom is 0.276 e. The Kier molecular flexibility index (Phi) is 4.19. The van der Waals surface area contributed by atoms with Gasteiger partial charge < -0.3 is 11.1 Å². The molecule has 8 heteroatoms. The highest BCUT2D eigenvalue weighted by Gasteiger charge is 2.26. The molecular formula is C9H10ClF2N3O2. The molecule has 1 aromatic carbocycles. The van der Waals surface area contributed by atoms with E-state index >= 15 is 0 Å². The normalized spacial score (nSPS) is 11.3. The number of halogens is 3. The molecule has 5 nitrogen and oxygen atoms in total. The quantitative estimate of drug-likeness (QED) is 0.632. The van der Waals surface area contributed by atoms with E-state index in [9.17, 15) is 18.9 Å². The number of hydrogen-bond donors (Lipinski definition) is 2. The van der Waals surface area contributed by atoms with Crippen molar-refractivity contribution >= 4 is 23.0 Å². The lowest BCUT2D eigenvalue weighted by Crippen LogP contribution is -2.35. The molecule has 0 aliphatic heterocycles. The van der Waals surface area contributed by atoms with Crippen LogP contribution in [0.5, 0.6) is 0 Å². The van der Waals surface area contributed by atoms with Gasteiger partial charge in [0.1, 0.15) is 0 Å². The van der Waals surface area contributed by atoms with Crippen LogP contribution < -0.4 is 11.1 Å². The van der Waals surface area contributed by atoms with E-state index in [2.05, 4.69) is 5.32 Å². The van der Waals surface area contributed by atoms with Gasteiger partial charge in [0.05, 0.1) is 28.7 Å². The summed E-state index contributed by atoms with van der Waals surface area (Å²) < 4.78 is 25.7. The van der Waals surface area contributed by atoms with Crippen LogP contribution in [0.4, 0.5) is 20.2 Å². The first-order chi connectivity index (χ1) is 7.85. The number of anilines is 1. The van der Waals surface area contributed by atoms with Gasteiger partial charge in [-0.15, -0.1) is 0 Å². The van der Waals surface area contributed by atoms with Gasteiger partial charge in [0, 0.05) is 12.1 Å². The van der Waals surface area contributed by atoms with Crippen molar-refractivity contribution in [1.82, 2.24) is 0 Å². The van der Waals surface area contributed by atoms with Crippen molar-refractivity contribution in [2.45, 2.75) is 5.92 Å². The smallest absolute Gasteiger partial charge is 0.276 e. The van der Waals surface area contributed by atoms with Crippen LogP contribution in [0.1, 0.15) is 0 Å². The monoisotopic (exact) mass is 265 g/mol. The standard InChI is InChI=1S/C9H10ClF2N3O2/c10-7-3-6(15(16)17)1-2-8(7)14-5-9(11,12)4-13/h1-3,14H,4-5,13H2. The largest absolute Gasteiger partial charge is 0.378 e. The molecule has 3 N–H and O–H groups in total. The van der Waals surface area contributed by atoms with Crippen LogP contribution >= 0.6 is 11.6 Å². The number of hydrogen-bond acceptors (Lipinski definition) is 4. The third-order valence-corrected chi connectivity index (χ3v) is 2.31. The van der Waals surface area contributed by atoms with E-state index < -0.39 is 23.9 Å². The summed E-state index contributed by atoms with van der Waals surface area (Å²) in [4.78, 5) is 9.80. The summed E-state index contributed by atoms with van der Waals surface area (Å²) in [7, 11) is 0. The molecule has 0 aliphatic rings. The van der Waals surface area contributed by atoms with Gasteiger partial charge in [-0.3, -0.25) is 10.1 Å². The van der Waals surface area contributed by atoms with Crippen LogP contribution in [0.15, 0.2) is 18.2 Å². The topological polar surface area (TPSA) is 81.2 Å². The van der Waals surface area contributed by atoms with Crippen molar-refractivity contribution in [3.8, 4) is 0 Å². The fraction of sp³-hybridized carbons (Fsp3) is 0.333. The number of alkyl halides is 2. The fourth-order valence-electron chi connectivity index (χ4n) is 1.06. The molecule has 0 atom stereocenters. The molecule has 0 fully saturated rings. The third-order valence-electron chi connectivity index (χ3n) is 2.00. The predicted octanol–water partition coefficient (Wildman–Crippen LogP) is 2.25. The van der Waals surface area contributed by atoms with Crippen molar-refractivity contribution < 1.29 is 13.7 Å². The van der Waals surface area contributed by atoms with Crippen LogP contribution in [0.2, 0.25) is 5.02 Å². The molecule has 1 aromatic rings. The van der Waals surface area contributed by atoms with Gasteiger partial charge in [-0.1, -0.05) is 11.6 Å². The summed E-state index contributed by atoms with van der Waals surface area (Å²) in [6, 6.07) is 3.53. The Bertz CT molecular complexity index is 429. The molecule has 0 radical (unpaired) electrons. The first-order valence-corrected chi connectivity index (χ1v) is 4.99. The van der Waals surface area contributed by atoms with Gasteiger partial charge in [0.25, 0.3) is 11.6 Å². The Labute approximate surface area is 101 Å². The van der Waals surface area contributed by atoms with E-state index in [1.807, 2.05) is 0 Å². The number of nitrogens with two attached hydrogens (primary N) is 1. The molecule has 0 spiro atoms. The molecule has 0 bridgehead atoms. The Morgan fingerprint density at radius 2 is 2.18 bits per heavy atom. The summed E-state index contributed by atoms with van der Waals surface area (Å²) in [5, 5.41) is 12.8. The summed E-state index contributed by atoms with van der Waals surface area (Å²) >= 11 is 5.70. The molecule has 0 unspecified atom stereocenters. The van der Waals surface area contributed by atoms with Crippen molar-refractivity contribution in [2.75, 3.05) is 18.4 Å². The Morgan fingerprint density at radius 3 is 2.65 bits per heavy atom. The van der Waals surface area contributed by atoms with E-state index in [0.29, 0.717) is 0 Å². The van der Waals surface area contributed by atoms with Crippen LogP contribution in [-0.2, 0) is 0 Å². The molecule has 17 heavy (non-hydrogen) atoms. The number of benzene rings is 1. The number of nitro benzene ring substituents is 1. The first-order valence-electron chi connectivity index (χ1n) is 4.61. The summed E-state index contributed by atoms with van der Waals surface area (Å²) in [5.41, 5.74) is 4.86. The minimum absolute atomic E-state index is 0.00650. The number of nitrogens with one attached hydrogen (secondary N) is 1. The van der Waals surface area contributed by atoms with Gasteiger partial charge in [0.2, 0.25) is 0 Å². The Morgan fingerprint density at radius 1 is 1.53 bits per heavy atom. The van der Waals surface area contributed by atoms with Crippen molar-refractivity contribution in [2.24, 2.45) is 5.73 Å². The molecule has 0 saturated heterocycles.